The molecule has 28 heavy (non-hydrogen) atoms. The van der Waals surface area contributed by atoms with Crippen molar-refractivity contribution in [3.63, 3.8) is 0 Å². The third-order valence-corrected chi connectivity index (χ3v) is 6.34. The minimum Gasteiger partial charge on any atom is -0.355 e. The molecular formula is C23H35N3O2. The van der Waals surface area contributed by atoms with Crippen LogP contribution in [0.3, 0.4) is 0 Å². The highest BCUT2D eigenvalue weighted by atomic mass is 16.2. The van der Waals surface area contributed by atoms with Crippen LogP contribution in [0.25, 0.3) is 0 Å². The summed E-state index contributed by atoms with van der Waals surface area (Å²) in [6.45, 7) is 4.82. The van der Waals surface area contributed by atoms with Crippen molar-refractivity contribution in [1.82, 2.24) is 5.32 Å². The van der Waals surface area contributed by atoms with Gasteiger partial charge in [0.2, 0.25) is 11.8 Å². The van der Waals surface area contributed by atoms with Crippen molar-refractivity contribution >= 4 is 17.5 Å². The molecule has 0 aromatic heterocycles. The molecule has 0 spiro atoms. The van der Waals surface area contributed by atoms with Gasteiger partial charge in [-0.15, -0.1) is 0 Å². The molecule has 0 saturated heterocycles. The third-order valence-electron chi connectivity index (χ3n) is 6.34. The van der Waals surface area contributed by atoms with E-state index in [0.29, 0.717) is 24.8 Å². The van der Waals surface area contributed by atoms with E-state index >= 15 is 0 Å². The smallest absolute Gasteiger partial charge is 0.244 e. The van der Waals surface area contributed by atoms with Crippen LogP contribution in [-0.4, -0.2) is 30.9 Å². The standard InChI is InChI=1S/C23H35N3O2/c1-3-4-12-25-22(27)15-26-21-13-16(2)10-11-18(21)19(14-20(24)23(26)28)17-8-6-5-7-9-17/h10-11,13,17,19-20H,3-9,12,14-15,24H2,1-2H3,(H,25,27). The van der Waals surface area contributed by atoms with Crippen LogP contribution in [0.2, 0.25) is 0 Å². The minimum atomic E-state index is -0.553. The summed E-state index contributed by atoms with van der Waals surface area (Å²) in [6.07, 6.45) is 8.88. The van der Waals surface area contributed by atoms with Crippen molar-refractivity contribution in [1.29, 1.82) is 0 Å². The molecule has 1 fully saturated rings. The van der Waals surface area contributed by atoms with Gasteiger partial charge >= 0.3 is 0 Å². The van der Waals surface area contributed by atoms with Crippen LogP contribution >= 0.6 is 0 Å². The molecule has 3 N–H and O–H groups in total. The Labute approximate surface area is 169 Å². The quantitative estimate of drug-likeness (QED) is 0.734. The maximum atomic E-state index is 13.1. The summed E-state index contributed by atoms with van der Waals surface area (Å²) >= 11 is 0. The van der Waals surface area contributed by atoms with Crippen molar-refractivity contribution in [2.45, 2.75) is 77.2 Å². The zero-order valence-electron chi connectivity index (χ0n) is 17.4. The summed E-state index contributed by atoms with van der Waals surface area (Å²) in [5, 5.41) is 2.93. The largest absolute Gasteiger partial charge is 0.355 e. The van der Waals surface area contributed by atoms with E-state index in [1.807, 2.05) is 6.92 Å². The molecule has 3 rings (SSSR count). The lowest BCUT2D eigenvalue weighted by molar-refractivity contribution is -0.124. The summed E-state index contributed by atoms with van der Waals surface area (Å²) in [7, 11) is 0. The van der Waals surface area contributed by atoms with Crippen molar-refractivity contribution in [3.05, 3.63) is 29.3 Å². The summed E-state index contributed by atoms with van der Waals surface area (Å²) in [5.74, 6) is 0.628. The van der Waals surface area contributed by atoms with Gasteiger partial charge in [-0.25, -0.2) is 0 Å². The van der Waals surface area contributed by atoms with Gasteiger partial charge in [0, 0.05) is 12.2 Å². The van der Waals surface area contributed by atoms with E-state index in [1.54, 1.807) is 4.90 Å². The first-order chi connectivity index (χ1) is 13.5. The molecule has 2 unspecified atom stereocenters. The van der Waals surface area contributed by atoms with Crippen LogP contribution in [0.1, 0.15) is 75.3 Å². The van der Waals surface area contributed by atoms with E-state index in [1.165, 1.54) is 37.7 Å². The number of carbonyl (C=O) groups excluding carboxylic acids is 2. The van der Waals surface area contributed by atoms with Crippen LogP contribution in [0, 0.1) is 12.8 Å². The molecule has 5 nitrogen and oxygen atoms in total. The van der Waals surface area contributed by atoms with Gasteiger partial charge in [-0.3, -0.25) is 9.59 Å². The van der Waals surface area contributed by atoms with E-state index in [0.717, 1.165) is 24.1 Å². The molecule has 154 valence electrons. The second-order valence-corrected chi connectivity index (χ2v) is 8.54. The predicted molar refractivity (Wildman–Crippen MR) is 113 cm³/mol. The zero-order valence-corrected chi connectivity index (χ0v) is 17.4. The number of benzene rings is 1. The summed E-state index contributed by atoms with van der Waals surface area (Å²) in [5.41, 5.74) is 9.54. The highest BCUT2D eigenvalue weighted by molar-refractivity contribution is 6.02. The molecule has 1 aromatic rings. The second kappa shape index (κ2) is 9.55. The number of anilines is 1. The van der Waals surface area contributed by atoms with E-state index in [9.17, 15) is 9.59 Å². The lowest BCUT2D eigenvalue weighted by atomic mass is 9.74. The number of rotatable bonds is 6. The molecule has 1 saturated carbocycles. The zero-order chi connectivity index (χ0) is 20.1. The highest BCUT2D eigenvalue weighted by Gasteiger charge is 2.37. The normalized spacial score (nSPS) is 23.2. The van der Waals surface area contributed by atoms with Gasteiger partial charge in [-0.2, -0.15) is 0 Å². The van der Waals surface area contributed by atoms with Crippen LogP contribution in [-0.2, 0) is 9.59 Å². The van der Waals surface area contributed by atoms with Crippen LogP contribution in [0.4, 0.5) is 5.69 Å². The van der Waals surface area contributed by atoms with E-state index in [2.05, 4.69) is 30.4 Å². The number of unbranched alkanes of at least 4 members (excludes halogenated alkanes) is 1. The van der Waals surface area contributed by atoms with E-state index in [-0.39, 0.29) is 18.4 Å². The molecule has 1 heterocycles. The number of hydrogen-bond donors (Lipinski definition) is 2. The maximum absolute atomic E-state index is 13.1. The first kappa shape index (κ1) is 20.8. The average Bonchev–Trinajstić information content (AvgIpc) is 2.79. The summed E-state index contributed by atoms with van der Waals surface area (Å²) in [6, 6.07) is 5.79. The molecule has 0 bridgehead atoms. The average molecular weight is 386 g/mol. The van der Waals surface area contributed by atoms with Crippen LogP contribution in [0.5, 0.6) is 0 Å². The van der Waals surface area contributed by atoms with Gasteiger partial charge in [0.25, 0.3) is 0 Å². The SMILES string of the molecule is CCCCNC(=O)CN1C(=O)C(N)CC(C2CCCCC2)c2ccc(C)cc21. The van der Waals surface area contributed by atoms with Crippen LogP contribution < -0.4 is 16.0 Å². The number of nitrogens with zero attached hydrogens (tertiary/aromatic N) is 1. The number of amides is 2. The molecule has 2 aliphatic rings. The summed E-state index contributed by atoms with van der Waals surface area (Å²) < 4.78 is 0. The Balaban J connectivity index is 1.91. The minimum absolute atomic E-state index is 0.0457. The molecule has 5 heteroatoms. The van der Waals surface area contributed by atoms with Gasteiger partial charge in [-0.05, 0) is 61.6 Å². The fourth-order valence-electron chi connectivity index (χ4n) is 4.77. The highest BCUT2D eigenvalue weighted by Crippen LogP contribution is 2.44. The Hall–Kier alpha value is -1.88. The fourth-order valence-corrected chi connectivity index (χ4v) is 4.77. The number of hydrogen-bond acceptors (Lipinski definition) is 3. The van der Waals surface area contributed by atoms with Gasteiger partial charge in [0.15, 0.2) is 0 Å². The van der Waals surface area contributed by atoms with Crippen molar-refractivity contribution in [2.24, 2.45) is 11.7 Å². The van der Waals surface area contributed by atoms with Crippen molar-refractivity contribution in [2.75, 3.05) is 18.0 Å². The second-order valence-electron chi connectivity index (χ2n) is 8.54. The number of fused-ring (bicyclic) bond motifs is 1. The monoisotopic (exact) mass is 385 g/mol. The topological polar surface area (TPSA) is 75.4 Å². The molecular weight excluding hydrogens is 350 g/mol. The number of nitrogens with two attached hydrogens (primary N) is 1. The molecule has 2 amide bonds. The third kappa shape index (κ3) is 4.75. The molecule has 2 atom stereocenters. The van der Waals surface area contributed by atoms with Crippen molar-refractivity contribution in [3.8, 4) is 0 Å². The van der Waals surface area contributed by atoms with E-state index < -0.39 is 6.04 Å². The Morgan fingerprint density at radius 1 is 1.25 bits per heavy atom. The van der Waals surface area contributed by atoms with Gasteiger partial charge < -0.3 is 16.0 Å². The number of aryl methyl sites for hydroxylation is 1. The van der Waals surface area contributed by atoms with Gasteiger partial charge in [-0.1, -0.05) is 44.7 Å². The lowest BCUT2D eigenvalue weighted by Crippen LogP contribution is -2.47. The first-order valence-corrected chi connectivity index (χ1v) is 11.0. The van der Waals surface area contributed by atoms with Crippen LogP contribution in [0.15, 0.2) is 18.2 Å². The van der Waals surface area contributed by atoms with Gasteiger partial charge in [0.1, 0.15) is 6.54 Å². The molecule has 1 aliphatic carbocycles. The summed E-state index contributed by atoms with van der Waals surface area (Å²) in [4.78, 5) is 27.3. The Morgan fingerprint density at radius 2 is 2.00 bits per heavy atom. The Morgan fingerprint density at radius 3 is 2.71 bits per heavy atom. The number of nitrogens with one attached hydrogen (secondary N) is 1. The van der Waals surface area contributed by atoms with E-state index in [4.69, 9.17) is 5.73 Å². The lowest BCUT2D eigenvalue weighted by Gasteiger charge is -2.31. The Bertz CT molecular complexity index is 697. The Kier molecular flexibility index (Phi) is 7.11. The molecule has 1 aliphatic heterocycles. The molecule has 0 radical (unpaired) electrons. The maximum Gasteiger partial charge on any atom is 0.244 e. The number of carbonyl (C=O) groups is 2. The fraction of sp³-hybridized carbons (Fsp3) is 0.652. The van der Waals surface area contributed by atoms with Gasteiger partial charge in [0.05, 0.1) is 6.04 Å². The van der Waals surface area contributed by atoms with Crippen molar-refractivity contribution < 1.29 is 9.59 Å². The first-order valence-electron chi connectivity index (χ1n) is 11.0. The predicted octanol–water partition coefficient (Wildman–Crippen LogP) is 3.64. The molecule has 1 aromatic carbocycles.